The standard InChI is InChI=1S/C16H17NO2/c18-15-3-5-16(6-4-15)19-11-12-1-2-14-10-17-8-7-13(14)9-12/h1-6,9,17-18H,7-8,10-11H2. The van der Waals surface area contributed by atoms with E-state index >= 15 is 0 Å². The van der Waals surface area contributed by atoms with Crippen molar-refractivity contribution in [1.82, 2.24) is 5.32 Å². The number of phenols is 1. The quantitative estimate of drug-likeness (QED) is 0.886. The zero-order valence-corrected chi connectivity index (χ0v) is 10.7. The van der Waals surface area contributed by atoms with E-state index in [1.54, 1.807) is 24.3 Å². The molecular weight excluding hydrogens is 238 g/mol. The van der Waals surface area contributed by atoms with Crippen molar-refractivity contribution in [2.24, 2.45) is 0 Å². The number of benzene rings is 2. The minimum Gasteiger partial charge on any atom is -0.508 e. The fraction of sp³-hybridized carbons (Fsp3) is 0.250. The summed E-state index contributed by atoms with van der Waals surface area (Å²) in [6, 6.07) is 13.3. The van der Waals surface area contributed by atoms with Gasteiger partial charge in [-0.3, -0.25) is 0 Å². The van der Waals surface area contributed by atoms with Gasteiger partial charge in [-0.2, -0.15) is 0 Å². The van der Waals surface area contributed by atoms with Crippen molar-refractivity contribution in [3.8, 4) is 11.5 Å². The van der Waals surface area contributed by atoms with Gasteiger partial charge in [-0.1, -0.05) is 18.2 Å². The van der Waals surface area contributed by atoms with Crippen molar-refractivity contribution in [1.29, 1.82) is 0 Å². The molecule has 2 aromatic carbocycles. The van der Waals surface area contributed by atoms with Crippen LogP contribution in [0.25, 0.3) is 0 Å². The minimum atomic E-state index is 0.258. The van der Waals surface area contributed by atoms with E-state index in [-0.39, 0.29) is 5.75 Å². The van der Waals surface area contributed by atoms with E-state index in [1.165, 1.54) is 16.7 Å². The Bertz CT molecular complexity index is 563. The van der Waals surface area contributed by atoms with Gasteiger partial charge in [0.1, 0.15) is 18.1 Å². The molecule has 19 heavy (non-hydrogen) atoms. The molecule has 2 N–H and O–H groups in total. The van der Waals surface area contributed by atoms with Gasteiger partial charge in [0.05, 0.1) is 0 Å². The molecule has 1 aliphatic heterocycles. The summed E-state index contributed by atoms with van der Waals surface area (Å²) in [4.78, 5) is 0. The first-order chi connectivity index (χ1) is 9.31. The maximum Gasteiger partial charge on any atom is 0.120 e. The molecule has 0 radical (unpaired) electrons. The Morgan fingerprint density at radius 2 is 1.89 bits per heavy atom. The predicted octanol–water partition coefficient (Wildman–Crippen LogP) is 2.62. The third-order valence-electron chi connectivity index (χ3n) is 3.40. The molecule has 0 bridgehead atoms. The second-order valence-corrected chi connectivity index (χ2v) is 4.81. The highest BCUT2D eigenvalue weighted by Gasteiger charge is 2.08. The molecule has 0 aromatic heterocycles. The molecule has 3 heteroatoms. The Balaban J connectivity index is 1.68. The van der Waals surface area contributed by atoms with Crippen molar-refractivity contribution < 1.29 is 9.84 Å². The number of aromatic hydroxyl groups is 1. The van der Waals surface area contributed by atoms with E-state index in [4.69, 9.17) is 4.74 Å². The van der Waals surface area contributed by atoms with Gasteiger partial charge in [0, 0.05) is 6.54 Å². The van der Waals surface area contributed by atoms with Crippen LogP contribution in [0.2, 0.25) is 0 Å². The molecule has 0 fully saturated rings. The van der Waals surface area contributed by atoms with Crippen LogP contribution < -0.4 is 10.1 Å². The maximum absolute atomic E-state index is 9.21. The van der Waals surface area contributed by atoms with Gasteiger partial charge in [-0.25, -0.2) is 0 Å². The van der Waals surface area contributed by atoms with E-state index in [0.717, 1.165) is 25.3 Å². The summed E-state index contributed by atoms with van der Waals surface area (Å²) in [5, 5.41) is 12.6. The molecule has 0 saturated heterocycles. The highest BCUT2D eigenvalue weighted by molar-refractivity contribution is 5.34. The van der Waals surface area contributed by atoms with Crippen LogP contribution in [0.15, 0.2) is 42.5 Å². The van der Waals surface area contributed by atoms with E-state index < -0.39 is 0 Å². The largest absolute Gasteiger partial charge is 0.508 e. The molecule has 2 aromatic rings. The average molecular weight is 255 g/mol. The SMILES string of the molecule is Oc1ccc(OCc2ccc3c(c2)CCNC3)cc1. The zero-order chi connectivity index (χ0) is 13.1. The molecule has 3 rings (SSSR count). The number of rotatable bonds is 3. The van der Waals surface area contributed by atoms with Crippen LogP contribution in [0.5, 0.6) is 11.5 Å². The van der Waals surface area contributed by atoms with Gasteiger partial charge in [0.15, 0.2) is 0 Å². The maximum atomic E-state index is 9.21. The lowest BCUT2D eigenvalue weighted by Gasteiger charge is -2.18. The highest BCUT2D eigenvalue weighted by atomic mass is 16.5. The summed E-state index contributed by atoms with van der Waals surface area (Å²) in [5.41, 5.74) is 4.00. The molecular formula is C16H17NO2. The molecule has 0 unspecified atom stereocenters. The Kier molecular flexibility index (Phi) is 3.38. The fourth-order valence-electron chi connectivity index (χ4n) is 2.33. The molecule has 3 nitrogen and oxygen atoms in total. The summed E-state index contributed by atoms with van der Waals surface area (Å²) in [7, 11) is 0. The summed E-state index contributed by atoms with van der Waals surface area (Å²) >= 11 is 0. The normalized spacial score (nSPS) is 13.9. The van der Waals surface area contributed by atoms with Crippen LogP contribution in [-0.2, 0) is 19.6 Å². The topological polar surface area (TPSA) is 41.5 Å². The predicted molar refractivity (Wildman–Crippen MR) is 74.3 cm³/mol. The first-order valence-corrected chi connectivity index (χ1v) is 6.54. The number of phenolic OH excluding ortho intramolecular Hbond substituents is 1. The third kappa shape index (κ3) is 2.88. The lowest BCUT2D eigenvalue weighted by atomic mass is 9.99. The van der Waals surface area contributed by atoms with Gasteiger partial charge in [-0.05, 0) is 53.9 Å². The molecule has 0 spiro atoms. The van der Waals surface area contributed by atoms with Crippen LogP contribution in [-0.4, -0.2) is 11.7 Å². The second-order valence-electron chi connectivity index (χ2n) is 4.81. The molecule has 1 aliphatic rings. The van der Waals surface area contributed by atoms with Crippen molar-refractivity contribution in [2.75, 3.05) is 6.54 Å². The number of hydrogen-bond acceptors (Lipinski definition) is 3. The average Bonchev–Trinajstić information content (AvgIpc) is 2.46. The summed E-state index contributed by atoms with van der Waals surface area (Å²) in [5.74, 6) is 1.03. The zero-order valence-electron chi connectivity index (χ0n) is 10.7. The van der Waals surface area contributed by atoms with Crippen molar-refractivity contribution >= 4 is 0 Å². The molecule has 0 aliphatic carbocycles. The Labute approximate surface area is 112 Å². The lowest BCUT2D eigenvalue weighted by Crippen LogP contribution is -2.23. The molecule has 1 heterocycles. The van der Waals surface area contributed by atoms with Crippen LogP contribution in [0.3, 0.4) is 0 Å². The van der Waals surface area contributed by atoms with Gasteiger partial charge < -0.3 is 15.2 Å². The highest BCUT2D eigenvalue weighted by Crippen LogP contribution is 2.19. The van der Waals surface area contributed by atoms with Gasteiger partial charge in [0.2, 0.25) is 0 Å². The molecule has 0 saturated carbocycles. The molecule has 0 atom stereocenters. The van der Waals surface area contributed by atoms with Crippen LogP contribution in [0.1, 0.15) is 16.7 Å². The lowest BCUT2D eigenvalue weighted by molar-refractivity contribution is 0.305. The monoisotopic (exact) mass is 255 g/mol. The Morgan fingerprint density at radius 3 is 2.74 bits per heavy atom. The first kappa shape index (κ1) is 12.1. The summed E-state index contributed by atoms with van der Waals surface area (Å²) < 4.78 is 5.71. The van der Waals surface area contributed by atoms with Gasteiger partial charge in [-0.15, -0.1) is 0 Å². The van der Waals surface area contributed by atoms with Gasteiger partial charge >= 0.3 is 0 Å². The van der Waals surface area contributed by atoms with E-state index in [1.807, 2.05) is 0 Å². The third-order valence-corrected chi connectivity index (χ3v) is 3.40. The minimum absolute atomic E-state index is 0.258. The summed E-state index contributed by atoms with van der Waals surface area (Å²) in [6.07, 6.45) is 1.09. The number of nitrogens with one attached hydrogen (secondary N) is 1. The van der Waals surface area contributed by atoms with Crippen molar-refractivity contribution in [2.45, 2.75) is 19.6 Å². The van der Waals surface area contributed by atoms with Crippen LogP contribution >= 0.6 is 0 Å². The second kappa shape index (κ2) is 5.33. The fourth-order valence-corrected chi connectivity index (χ4v) is 2.33. The van der Waals surface area contributed by atoms with Gasteiger partial charge in [0.25, 0.3) is 0 Å². The number of hydrogen-bond donors (Lipinski definition) is 2. The molecule has 98 valence electrons. The Morgan fingerprint density at radius 1 is 1.05 bits per heavy atom. The van der Waals surface area contributed by atoms with E-state index in [2.05, 4.69) is 23.5 Å². The number of fused-ring (bicyclic) bond motifs is 1. The van der Waals surface area contributed by atoms with Crippen LogP contribution in [0.4, 0.5) is 0 Å². The van der Waals surface area contributed by atoms with Crippen LogP contribution in [0, 0.1) is 0 Å². The number of ether oxygens (including phenoxy) is 1. The smallest absolute Gasteiger partial charge is 0.120 e. The summed E-state index contributed by atoms with van der Waals surface area (Å²) in [6.45, 7) is 2.58. The van der Waals surface area contributed by atoms with E-state index in [0.29, 0.717) is 6.61 Å². The van der Waals surface area contributed by atoms with Crippen molar-refractivity contribution in [3.05, 3.63) is 59.2 Å². The first-order valence-electron chi connectivity index (χ1n) is 6.54. The van der Waals surface area contributed by atoms with Crippen molar-refractivity contribution in [3.63, 3.8) is 0 Å². The Hall–Kier alpha value is -2.00. The molecule has 0 amide bonds. The van der Waals surface area contributed by atoms with E-state index in [9.17, 15) is 5.11 Å².